The zero-order valence-corrected chi connectivity index (χ0v) is 11.4. The highest BCUT2D eigenvalue weighted by molar-refractivity contribution is 6.01. The topological polar surface area (TPSA) is 94.5 Å². The smallest absolute Gasteiger partial charge is 0.355 e. The van der Waals surface area contributed by atoms with Crippen molar-refractivity contribution in [2.24, 2.45) is 0 Å². The van der Waals surface area contributed by atoms with Gasteiger partial charge in [0.15, 0.2) is 0 Å². The Balaban J connectivity index is 2.72. The molecule has 0 aliphatic heterocycles. The summed E-state index contributed by atoms with van der Waals surface area (Å²) in [7, 11) is 1.43. The van der Waals surface area contributed by atoms with Gasteiger partial charge in [-0.3, -0.25) is 10.1 Å². The maximum absolute atomic E-state index is 11.8. The number of fused-ring (bicyclic) bond motifs is 1. The van der Waals surface area contributed by atoms with Crippen LogP contribution in [-0.4, -0.2) is 29.6 Å². The Labute approximate surface area is 114 Å². The van der Waals surface area contributed by atoms with E-state index in [1.54, 1.807) is 19.9 Å². The minimum Gasteiger partial charge on any atom is -0.496 e. The number of rotatable bonds is 4. The van der Waals surface area contributed by atoms with Crippen molar-refractivity contribution in [1.29, 1.82) is 0 Å². The van der Waals surface area contributed by atoms with E-state index in [0.29, 0.717) is 16.7 Å². The molecule has 1 N–H and O–H groups in total. The molecule has 2 rings (SSSR count). The number of H-pyrrole nitrogens is 1. The fourth-order valence-corrected chi connectivity index (χ4v) is 2.05. The highest BCUT2D eigenvalue weighted by Gasteiger charge is 2.23. The highest BCUT2D eigenvalue weighted by Crippen LogP contribution is 2.34. The number of non-ortho nitro benzene ring substituents is 1. The maximum atomic E-state index is 11.8. The number of esters is 1. The average molecular weight is 278 g/mol. The monoisotopic (exact) mass is 278 g/mol. The van der Waals surface area contributed by atoms with Crippen LogP contribution in [0, 0.1) is 17.0 Å². The predicted octanol–water partition coefficient (Wildman–Crippen LogP) is 2.57. The van der Waals surface area contributed by atoms with E-state index in [4.69, 9.17) is 9.47 Å². The molecule has 7 heteroatoms. The number of hydrogen-bond donors (Lipinski definition) is 1. The van der Waals surface area contributed by atoms with Crippen molar-refractivity contribution < 1.29 is 19.2 Å². The van der Waals surface area contributed by atoms with E-state index in [-0.39, 0.29) is 23.5 Å². The van der Waals surface area contributed by atoms with E-state index < -0.39 is 10.9 Å². The van der Waals surface area contributed by atoms with Crippen LogP contribution in [0.15, 0.2) is 12.1 Å². The first-order valence-corrected chi connectivity index (χ1v) is 6.01. The molecule has 0 amide bonds. The van der Waals surface area contributed by atoms with Crippen molar-refractivity contribution >= 4 is 22.6 Å². The first kappa shape index (κ1) is 13.9. The van der Waals surface area contributed by atoms with Crippen molar-refractivity contribution in [2.75, 3.05) is 13.7 Å². The van der Waals surface area contributed by atoms with Crippen LogP contribution < -0.4 is 4.74 Å². The molecule has 1 aromatic carbocycles. The third kappa shape index (κ3) is 2.18. The second-order valence-corrected chi connectivity index (χ2v) is 4.17. The lowest BCUT2D eigenvalue weighted by Gasteiger charge is -2.01. The summed E-state index contributed by atoms with van der Waals surface area (Å²) in [5, 5.41) is 11.7. The van der Waals surface area contributed by atoms with Gasteiger partial charge in [-0.2, -0.15) is 0 Å². The number of nitro benzene ring substituents is 1. The van der Waals surface area contributed by atoms with Gasteiger partial charge in [0, 0.05) is 5.39 Å². The molecule has 0 unspecified atom stereocenters. The first-order valence-electron chi connectivity index (χ1n) is 6.01. The summed E-state index contributed by atoms with van der Waals surface area (Å²) < 4.78 is 9.97. The quantitative estimate of drug-likeness (QED) is 0.527. The van der Waals surface area contributed by atoms with Gasteiger partial charge in [-0.25, -0.2) is 4.79 Å². The Kier molecular flexibility index (Phi) is 3.60. The number of aromatic nitrogens is 1. The predicted molar refractivity (Wildman–Crippen MR) is 72.2 cm³/mol. The normalized spacial score (nSPS) is 10.6. The van der Waals surface area contributed by atoms with Crippen molar-refractivity contribution in [3.8, 4) is 5.75 Å². The molecular weight excluding hydrogens is 264 g/mol. The fraction of sp³-hybridized carbons (Fsp3) is 0.308. The van der Waals surface area contributed by atoms with Crippen molar-refractivity contribution in [2.45, 2.75) is 13.8 Å². The number of nitro groups is 1. The molecule has 106 valence electrons. The summed E-state index contributed by atoms with van der Waals surface area (Å²) in [5.41, 5.74) is 0.966. The molecule has 0 radical (unpaired) electrons. The summed E-state index contributed by atoms with van der Waals surface area (Å²) in [6.45, 7) is 3.63. The van der Waals surface area contributed by atoms with Crippen LogP contribution in [0.5, 0.6) is 5.75 Å². The summed E-state index contributed by atoms with van der Waals surface area (Å²) in [5.74, 6) is -0.170. The molecule has 20 heavy (non-hydrogen) atoms. The van der Waals surface area contributed by atoms with Crippen LogP contribution in [0.4, 0.5) is 5.69 Å². The van der Waals surface area contributed by atoms with Gasteiger partial charge in [0.05, 0.1) is 24.7 Å². The Hall–Kier alpha value is -2.57. The number of aryl methyl sites for hydroxylation is 1. The van der Waals surface area contributed by atoms with Gasteiger partial charge in [0.2, 0.25) is 0 Å². The third-order valence-electron chi connectivity index (χ3n) is 3.03. The van der Waals surface area contributed by atoms with Gasteiger partial charge < -0.3 is 14.5 Å². The second-order valence-electron chi connectivity index (χ2n) is 4.17. The van der Waals surface area contributed by atoms with Crippen molar-refractivity contribution in [1.82, 2.24) is 4.98 Å². The number of methoxy groups -OCH3 is 1. The number of carbonyl (C=O) groups is 1. The molecule has 0 spiro atoms. The van der Waals surface area contributed by atoms with E-state index in [9.17, 15) is 14.9 Å². The van der Waals surface area contributed by atoms with Crippen LogP contribution in [0.25, 0.3) is 10.9 Å². The molecule has 1 aromatic heterocycles. The molecule has 7 nitrogen and oxygen atoms in total. The summed E-state index contributed by atoms with van der Waals surface area (Å²) in [6.07, 6.45) is 0. The zero-order chi connectivity index (χ0) is 14.9. The number of carbonyl (C=O) groups excluding carboxylic acids is 1. The number of nitrogens with zero attached hydrogens (tertiary/aromatic N) is 1. The largest absolute Gasteiger partial charge is 0.496 e. The maximum Gasteiger partial charge on any atom is 0.355 e. The Morgan fingerprint density at radius 1 is 1.45 bits per heavy atom. The highest BCUT2D eigenvalue weighted by atomic mass is 16.6. The van der Waals surface area contributed by atoms with Crippen LogP contribution in [0.3, 0.4) is 0 Å². The van der Waals surface area contributed by atoms with Crippen molar-refractivity contribution in [3.05, 3.63) is 33.5 Å². The number of ether oxygens (including phenoxy) is 2. The van der Waals surface area contributed by atoms with Gasteiger partial charge in [-0.05, 0) is 25.5 Å². The van der Waals surface area contributed by atoms with Crippen LogP contribution >= 0.6 is 0 Å². The Morgan fingerprint density at radius 3 is 2.70 bits per heavy atom. The van der Waals surface area contributed by atoms with Gasteiger partial charge in [0.25, 0.3) is 5.69 Å². The third-order valence-corrected chi connectivity index (χ3v) is 3.03. The molecule has 2 aromatic rings. The molecular formula is C13H14N2O5. The van der Waals surface area contributed by atoms with Gasteiger partial charge in [-0.15, -0.1) is 0 Å². The summed E-state index contributed by atoms with van der Waals surface area (Å²) >= 11 is 0. The number of nitrogens with one attached hydrogen (secondary N) is 1. The molecule has 1 heterocycles. The van der Waals surface area contributed by atoms with E-state index >= 15 is 0 Å². The van der Waals surface area contributed by atoms with Gasteiger partial charge in [-0.1, -0.05) is 0 Å². The minimum absolute atomic E-state index is 0.141. The van der Waals surface area contributed by atoms with E-state index in [2.05, 4.69) is 4.98 Å². The molecule has 0 saturated carbocycles. The van der Waals surface area contributed by atoms with Gasteiger partial charge >= 0.3 is 5.97 Å². The molecule has 0 atom stereocenters. The molecule has 0 saturated heterocycles. The average Bonchev–Trinajstić information content (AvgIpc) is 2.75. The molecule has 0 fully saturated rings. The lowest BCUT2D eigenvalue weighted by atomic mass is 10.1. The van der Waals surface area contributed by atoms with Crippen LogP contribution in [-0.2, 0) is 4.74 Å². The summed E-state index contributed by atoms with van der Waals surface area (Å²) in [6, 6.07) is 2.96. The standard InChI is InChI=1S/C13H14N2O5/c1-4-20-13(16)11-7(2)9-5-8(19-3)6-10(15(17)18)12(9)14-11/h5-6,14H,4H2,1-3H3. The van der Waals surface area contributed by atoms with Gasteiger partial charge in [0.1, 0.15) is 17.0 Å². The first-order chi connectivity index (χ1) is 9.49. The SMILES string of the molecule is CCOC(=O)c1[nH]c2c([N+](=O)[O-])cc(OC)cc2c1C. The number of aromatic amines is 1. The number of benzene rings is 1. The van der Waals surface area contributed by atoms with E-state index in [1.807, 2.05) is 0 Å². The zero-order valence-electron chi connectivity index (χ0n) is 11.4. The number of hydrogen-bond acceptors (Lipinski definition) is 5. The van der Waals surface area contributed by atoms with Crippen molar-refractivity contribution in [3.63, 3.8) is 0 Å². The fourth-order valence-electron chi connectivity index (χ4n) is 2.05. The van der Waals surface area contributed by atoms with E-state index in [1.165, 1.54) is 13.2 Å². The Bertz CT molecular complexity index is 690. The lowest BCUT2D eigenvalue weighted by molar-refractivity contribution is -0.383. The minimum atomic E-state index is -0.533. The molecule has 0 bridgehead atoms. The van der Waals surface area contributed by atoms with Crippen LogP contribution in [0.1, 0.15) is 23.0 Å². The van der Waals surface area contributed by atoms with E-state index in [0.717, 1.165) is 0 Å². The molecule has 0 aliphatic carbocycles. The van der Waals surface area contributed by atoms with Crippen LogP contribution in [0.2, 0.25) is 0 Å². The summed E-state index contributed by atoms with van der Waals surface area (Å²) in [4.78, 5) is 25.2. The second kappa shape index (κ2) is 5.20. The molecule has 0 aliphatic rings. The Morgan fingerprint density at radius 2 is 2.15 bits per heavy atom. The lowest BCUT2D eigenvalue weighted by Crippen LogP contribution is -2.06.